The summed E-state index contributed by atoms with van der Waals surface area (Å²) in [6, 6.07) is 8.23. The van der Waals surface area contributed by atoms with Crippen molar-refractivity contribution in [2.24, 2.45) is 0 Å². The molecule has 1 heterocycles. The number of halogens is 3. The quantitative estimate of drug-likeness (QED) is 0.686. The molecule has 168 valence electrons. The third-order valence-corrected chi connectivity index (χ3v) is 5.10. The van der Waals surface area contributed by atoms with Gasteiger partial charge in [-0.1, -0.05) is 0 Å². The van der Waals surface area contributed by atoms with Gasteiger partial charge in [-0.15, -0.1) is 0 Å². The number of carbonyl (C=O) groups excluding carboxylic acids is 1. The van der Waals surface area contributed by atoms with Crippen molar-refractivity contribution >= 4 is 5.91 Å². The molecule has 0 saturated carbocycles. The predicted molar refractivity (Wildman–Crippen MR) is 108 cm³/mol. The Labute approximate surface area is 178 Å². The molecule has 0 saturated heterocycles. The number of amides is 1. The number of nitrogens with one attached hydrogen (secondary N) is 1. The predicted octanol–water partition coefficient (Wildman–Crippen LogP) is 3.28. The van der Waals surface area contributed by atoms with E-state index in [9.17, 15) is 18.0 Å². The zero-order valence-corrected chi connectivity index (χ0v) is 17.4. The van der Waals surface area contributed by atoms with E-state index in [1.54, 1.807) is 14.2 Å². The van der Waals surface area contributed by atoms with Crippen LogP contribution in [0.5, 0.6) is 17.2 Å². The lowest BCUT2D eigenvalue weighted by Crippen LogP contribution is -2.39. The second-order valence-electron chi connectivity index (χ2n) is 7.16. The molecule has 0 aromatic heterocycles. The molecule has 1 aliphatic heterocycles. The molecule has 9 heteroatoms. The molecule has 31 heavy (non-hydrogen) atoms. The van der Waals surface area contributed by atoms with Gasteiger partial charge in [0, 0.05) is 26.2 Å². The number of hydrogen-bond acceptors (Lipinski definition) is 5. The lowest BCUT2D eigenvalue weighted by Gasteiger charge is -2.29. The van der Waals surface area contributed by atoms with Crippen molar-refractivity contribution in [3.8, 4) is 17.2 Å². The molecule has 0 aliphatic carbocycles. The molecule has 2 aromatic carbocycles. The van der Waals surface area contributed by atoms with Crippen LogP contribution in [-0.2, 0) is 23.9 Å². The molecule has 0 radical (unpaired) electrons. The van der Waals surface area contributed by atoms with Crippen LogP contribution in [0.15, 0.2) is 36.4 Å². The summed E-state index contributed by atoms with van der Waals surface area (Å²) in [5.41, 5.74) is 1.63. The van der Waals surface area contributed by atoms with E-state index in [4.69, 9.17) is 14.2 Å². The average Bonchev–Trinajstić information content (AvgIpc) is 2.76. The third-order valence-electron chi connectivity index (χ3n) is 5.10. The Kier molecular flexibility index (Phi) is 7.27. The number of ether oxygens (including phenoxy) is 3. The largest absolute Gasteiger partial charge is 0.493 e. The summed E-state index contributed by atoms with van der Waals surface area (Å²) in [5, 5.41) is 2.77. The Morgan fingerprint density at radius 1 is 1.06 bits per heavy atom. The van der Waals surface area contributed by atoms with Crippen LogP contribution in [0, 0.1) is 0 Å². The van der Waals surface area contributed by atoms with Crippen molar-refractivity contribution in [3.63, 3.8) is 0 Å². The van der Waals surface area contributed by atoms with Gasteiger partial charge in [0.15, 0.2) is 18.1 Å². The second-order valence-corrected chi connectivity index (χ2v) is 7.16. The van der Waals surface area contributed by atoms with Crippen LogP contribution in [-0.4, -0.2) is 51.3 Å². The Morgan fingerprint density at radius 2 is 1.71 bits per heavy atom. The van der Waals surface area contributed by atoms with E-state index in [0.717, 1.165) is 37.4 Å². The van der Waals surface area contributed by atoms with Gasteiger partial charge in [-0.05, 0) is 53.9 Å². The van der Waals surface area contributed by atoms with E-state index in [-0.39, 0.29) is 18.3 Å². The van der Waals surface area contributed by atoms with Crippen LogP contribution in [0.3, 0.4) is 0 Å². The number of benzene rings is 2. The second kappa shape index (κ2) is 9.91. The first-order valence-electron chi connectivity index (χ1n) is 9.83. The molecule has 0 fully saturated rings. The summed E-state index contributed by atoms with van der Waals surface area (Å²) in [4.78, 5) is 14.2. The molecule has 1 amide bonds. The minimum atomic E-state index is -4.40. The van der Waals surface area contributed by atoms with Gasteiger partial charge in [-0.2, -0.15) is 13.2 Å². The maximum atomic E-state index is 12.6. The van der Waals surface area contributed by atoms with E-state index >= 15 is 0 Å². The number of nitrogens with zero attached hydrogens (tertiary/aromatic N) is 1. The first kappa shape index (κ1) is 22.7. The van der Waals surface area contributed by atoms with Crippen molar-refractivity contribution in [2.45, 2.75) is 19.1 Å². The Bertz CT molecular complexity index is 901. The van der Waals surface area contributed by atoms with Gasteiger partial charge in [0.2, 0.25) is 0 Å². The van der Waals surface area contributed by atoms with Crippen LogP contribution in [0.25, 0.3) is 0 Å². The third kappa shape index (κ3) is 6.04. The first-order valence-corrected chi connectivity index (χ1v) is 9.83. The van der Waals surface area contributed by atoms with Crippen molar-refractivity contribution < 1.29 is 32.2 Å². The Balaban J connectivity index is 1.42. The summed E-state index contributed by atoms with van der Waals surface area (Å²) in [6.45, 7) is 2.46. The van der Waals surface area contributed by atoms with Crippen molar-refractivity contribution in [1.82, 2.24) is 10.2 Å². The van der Waals surface area contributed by atoms with Crippen LogP contribution in [0.4, 0.5) is 13.2 Å². The Morgan fingerprint density at radius 3 is 2.32 bits per heavy atom. The fourth-order valence-electron chi connectivity index (χ4n) is 3.43. The van der Waals surface area contributed by atoms with Crippen molar-refractivity contribution in [1.29, 1.82) is 0 Å². The van der Waals surface area contributed by atoms with E-state index in [1.807, 2.05) is 12.1 Å². The molecule has 0 spiro atoms. The molecule has 0 atom stereocenters. The van der Waals surface area contributed by atoms with Gasteiger partial charge in [0.25, 0.3) is 5.91 Å². The van der Waals surface area contributed by atoms with E-state index in [1.165, 1.54) is 23.3 Å². The minimum absolute atomic E-state index is 0.208. The number of hydrogen-bond donors (Lipinski definition) is 1. The van der Waals surface area contributed by atoms with E-state index in [2.05, 4.69) is 10.2 Å². The van der Waals surface area contributed by atoms with Gasteiger partial charge in [0.05, 0.1) is 19.8 Å². The molecular formula is C22H25F3N2O4. The molecular weight excluding hydrogens is 413 g/mol. The molecule has 6 nitrogen and oxygen atoms in total. The number of rotatable bonds is 8. The Hall–Kier alpha value is -2.94. The molecule has 2 aromatic rings. The van der Waals surface area contributed by atoms with Crippen LogP contribution in [0.2, 0.25) is 0 Å². The van der Waals surface area contributed by atoms with E-state index in [0.29, 0.717) is 18.8 Å². The highest BCUT2D eigenvalue weighted by atomic mass is 19.4. The van der Waals surface area contributed by atoms with Gasteiger partial charge in [-0.3, -0.25) is 9.69 Å². The smallest absolute Gasteiger partial charge is 0.416 e. The monoisotopic (exact) mass is 438 g/mol. The van der Waals surface area contributed by atoms with Gasteiger partial charge in [0.1, 0.15) is 5.75 Å². The summed E-state index contributed by atoms with van der Waals surface area (Å²) in [7, 11) is 3.22. The molecule has 1 aliphatic rings. The van der Waals surface area contributed by atoms with Crippen molar-refractivity contribution in [2.75, 3.05) is 40.5 Å². The molecule has 1 N–H and O–H groups in total. The SMILES string of the molecule is COc1cc2c(cc1OC)CN(CCNC(=O)COc1ccc(C(F)(F)F)cc1)CC2. The highest BCUT2D eigenvalue weighted by Gasteiger charge is 2.30. The fraction of sp³-hybridized carbons (Fsp3) is 0.409. The maximum Gasteiger partial charge on any atom is 0.416 e. The zero-order valence-electron chi connectivity index (χ0n) is 17.4. The van der Waals surface area contributed by atoms with Gasteiger partial charge < -0.3 is 19.5 Å². The van der Waals surface area contributed by atoms with Gasteiger partial charge >= 0.3 is 6.18 Å². The molecule has 0 unspecified atom stereocenters. The highest BCUT2D eigenvalue weighted by molar-refractivity contribution is 5.77. The lowest BCUT2D eigenvalue weighted by molar-refractivity contribution is -0.137. The topological polar surface area (TPSA) is 60.0 Å². The normalized spacial score (nSPS) is 14.0. The molecule has 0 bridgehead atoms. The number of alkyl halides is 3. The summed E-state index contributed by atoms with van der Waals surface area (Å²) < 4.78 is 53.6. The lowest BCUT2D eigenvalue weighted by atomic mass is 9.99. The standard InChI is InChI=1S/C22H25F3N2O4/c1-29-19-11-15-7-9-27(13-16(15)12-20(19)30-2)10-8-26-21(28)14-31-18-5-3-17(4-6-18)22(23,24)25/h3-6,11-12H,7-10,13-14H2,1-2H3,(H,26,28). The summed E-state index contributed by atoms with van der Waals surface area (Å²) in [6.07, 6.45) is -3.53. The fourth-order valence-corrected chi connectivity index (χ4v) is 3.43. The van der Waals surface area contributed by atoms with Gasteiger partial charge in [-0.25, -0.2) is 0 Å². The summed E-state index contributed by atoms with van der Waals surface area (Å²) >= 11 is 0. The number of methoxy groups -OCH3 is 2. The number of carbonyl (C=O) groups is 1. The van der Waals surface area contributed by atoms with E-state index < -0.39 is 11.7 Å². The minimum Gasteiger partial charge on any atom is -0.493 e. The van der Waals surface area contributed by atoms with Crippen LogP contribution < -0.4 is 19.5 Å². The van der Waals surface area contributed by atoms with Crippen molar-refractivity contribution in [3.05, 3.63) is 53.1 Å². The number of fused-ring (bicyclic) bond motifs is 1. The first-order chi connectivity index (χ1) is 14.8. The highest BCUT2D eigenvalue weighted by Crippen LogP contribution is 2.33. The molecule has 3 rings (SSSR count). The van der Waals surface area contributed by atoms with Crippen LogP contribution in [0.1, 0.15) is 16.7 Å². The summed E-state index contributed by atoms with van der Waals surface area (Å²) in [5.74, 6) is 1.29. The maximum absolute atomic E-state index is 12.6. The van der Waals surface area contributed by atoms with Crippen LogP contribution >= 0.6 is 0 Å². The average molecular weight is 438 g/mol. The zero-order chi connectivity index (χ0) is 22.4.